The highest BCUT2D eigenvalue weighted by molar-refractivity contribution is 5.87. The standard InChI is InChI=1S/C35H35FN6O4/c1-20(2)21-13-22-16-38-42(33(45)31(22)27(36)14-21)29-10-8-9-25(26(29)19-43)23-15-28(32(44)41(7)18-23)39-30-12-11-24(17-37-30)35(3,4)34(46)40(5)6/h8-18,43H,1,19H2,2-7H3,(H,37,39). The van der Waals surface area contributed by atoms with Crippen molar-refractivity contribution in [3.05, 3.63) is 117 Å². The first-order chi connectivity index (χ1) is 21.7. The molecular weight excluding hydrogens is 587 g/mol. The molecule has 2 N–H and O–H groups in total. The fourth-order valence-electron chi connectivity index (χ4n) is 5.47. The summed E-state index contributed by atoms with van der Waals surface area (Å²) in [4.78, 5) is 45.3. The number of rotatable bonds is 8. The van der Waals surface area contributed by atoms with Gasteiger partial charge in [0.05, 0.1) is 29.3 Å². The van der Waals surface area contributed by atoms with Crippen LogP contribution < -0.4 is 16.4 Å². The maximum absolute atomic E-state index is 15.2. The van der Waals surface area contributed by atoms with Gasteiger partial charge >= 0.3 is 0 Å². The van der Waals surface area contributed by atoms with Crippen LogP contribution >= 0.6 is 0 Å². The van der Waals surface area contributed by atoms with E-state index in [1.165, 1.54) is 21.7 Å². The zero-order chi connectivity index (χ0) is 33.5. The average molecular weight is 623 g/mol. The summed E-state index contributed by atoms with van der Waals surface area (Å²) < 4.78 is 17.6. The molecule has 3 heterocycles. The SMILES string of the molecule is C=C(C)c1cc(F)c2c(=O)n(-c3cccc(-c4cc(Nc5ccc(C(C)(C)C(=O)N(C)C)cn5)c(=O)n(C)c4)c3CO)ncc2c1. The molecule has 0 spiro atoms. The molecule has 0 unspecified atom stereocenters. The summed E-state index contributed by atoms with van der Waals surface area (Å²) in [6.07, 6.45) is 4.62. The van der Waals surface area contributed by atoms with Gasteiger partial charge in [-0.15, -0.1) is 0 Å². The number of benzene rings is 2. The number of hydrogen-bond donors (Lipinski definition) is 2. The van der Waals surface area contributed by atoms with Gasteiger partial charge in [0.1, 0.15) is 17.3 Å². The second kappa shape index (κ2) is 12.2. The zero-order valence-corrected chi connectivity index (χ0v) is 26.6. The molecule has 10 nitrogen and oxygen atoms in total. The van der Waals surface area contributed by atoms with Crippen LogP contribution in [0.4, 0.5) is 15.9 Å². The number of carbonyl (C=O) groups excluding carboxylic acids is 1. The van der Waals surface area contributed by atoms with Gasteiger partial charge in [-0.25, -0.2) is 9.37 Å². The van der Waals surface area contributed by atoms with Gasteiger partial charge in [-0.05, 0) is 67.8 Å². The molecular formula is C35H35FN6O4. The number of aromatic nitrogens is 4. The molecule has 236 valence electrons. The Labute approximate surface area is 265 Å². The summed E-state index contributed by atoms with van der Waals surface area (Å²) in [5, 5.41) is 18.1. The summed E-state index contributed by atoms with van der Waals surface area (Å²) in [6, 6.07) is 13.1. The van der Waals surface area contributed by atoms with E-state index in [9.17, 15) is 19.5 Å². The fraction of sp³-hybridized carbons (Fsp3) is 0.229. The maximum atomic E-state index is 15.2. The van der Waals surface area contributed by atoms with Crippen LogP contribution in [0.25, 0.3) is 33.2 Å². The van der Waals surface area contributed by atoms with E-state index in [4.69, 9.17) is 0 Å². The number of aliphatic hydroxyl groups is 1. The summed E-state index contributed by atoms with van der Waals surface area (Å²) in [5.74, 6) is -0.366. The van der Waals surface area contributed by atoms with Crippen LogP contribution in [0.15, 0.2) is 83.3 Å². The topological polar surface area (TPSA) is 122 Å². The van der Waals surface area contributed by atoms with E-state index in [1.807, 2.05) is 13.8 Å². The number of anilines is 2. The predicted octanol–water partition coefficient (Wildman–Crippen LogP) is 4.92. The Hall–Kier alpha value is -5.42. The van der Waals surface area contributed by atoms with Crippen molar-refractivity contribution in [1.82, 2.24) is 24.2 Å². The second-order valence-corrected chi connectivity index (χ2v) is 12.0. The number of halogens is 1. The van der Waals surface area contributed by atoms with Gasteiger partial charge < -0.3 is 19.9 Å². The molecule has 46 heavy (non-hydrogen) atoms. The minimum absolute atomic E-state index is 0.0679. The van der Waals surface area contributed by atoms with Crippen molar-refractivity contribution in [3.8, 4) is 16.8 Å². The minimum Gasteiger partial charge on any atom is -0.392 e. The highest BCUT2D eigenvalue weighted by atomic mass is 19.1. The van der Waals surface area contributed by atoms with Gasteiger partial charge in [-0.2, -0.15) is 9.78 Å². The number of carbonyl (C=O) groups is 1. The molecule has 0 aliphatic rings. The summed E-state index contributed by atoms with van der Waals surface area (Å²) in [6.45, 7) is 8.77. The lowest BCUT2D eigenvalue weighted by molar-refractivity contribution is -0.133. The van der Waals surface area contributed by atoms with Crippen molar-refractivity contribution in [2.45, 2.75) is 32.8 Å². The second-order valence-electron chi connectivity index (χ2n) is 12.0. The third kappa shape index (κ3) is 5.72. The van der Waals surface area contributed by atoms with E-state index in [0.29, 0.717) is 39.0 Å². The predicted molar refractivity (Wildman–Crippen MR) is 178 cm³/mol. The van der Waals surface area contributed by atoms with E-state index in [0.717, 1.165) is 10.2 Å². The highest BCUT2D eigenvalue weighted by Gasteiger charge is 2.31. The molecule has 5 rings (SSSR count). The molecule has 3 aromatic heterocycles. The minimum atomic E-state index is -0.794. The number of nitrogens with one attached hydrogen (secondary N) is 1. The molecule has 0 saturated carbocycles. The quantitative estimate of drug-likeness (QED) is 0.252. The van der Waals surface area contributed by atoms with Crippen molar-refractivity contribution >= 4 is 33.8 Å². The van der Waals surface area contributed by atoms with Crippen LogP contribution in [0.2, 0.25) is 0 Å². The van der Waals surface area contributed by atoms with Crippen LogP contribution in [-0.2, 0) is 23.9 Å². The molecule has 0 bridgehead atoms. The number of aryl methyl sites for hydroxylation is 1. The van der Waals surface area contributed by atoms with Gasteiger partial charge in [0.15, 0.2) is 0 Å². The Morgan fingerprint density at radius 1 is 1.09 bits per heavy atom. The first-order valence-electron chi connectivity index (χ1n) is 14.5. The van der Waals surface area contributed by atoms with Crippen molar-refractivity contribution in [3.63, 3.8) is 0 Å². The number of allylic oxidation sites excluding steroid dienone is 1. The van der Waals surface area contributed by atoms with Crippen molar-refractivity contribution < 1.29 is 14.3 Å². The van der Waals surface area contributed by atoms with E-state index < -0.39 is 23.4 Å². The number of nitrogens with zero attached hydrogens (tertiary/aromatic N) is 5. The van der Waals surface area contributed by atoms with E-state index in [1.54, 1.807) is 82.9 Å². The largest absolute Gasteiger partial charge is 0.392 e. The number of amides is 1. The number of pyridine rings is 2. The lowest BCUT2D eigenvalue weighted by Gasteiger charge is -2.27. The summed E-state index contributed by atoms with van der Waals surface area (Å²) >= 11 is 0. The molecule has 0 radical (unpaired) electrons. The van der Waals surface area contributed by atoms with Crippen LogP contribution in [0, 0.1) is 5.82 Å². The highest BCUT2D eigenvalue weighted by Crippen LogP contribution is 2.31. The Morgan fingerprint density at radius 3 is 2.46 bits per heavy atom. The first kappa shape index (κ1) is 32.0. The Bertz CT molecular complexity index is 2130. The Balaban J connectivity index is 1.56. The van der Waals surface area contributed by atoms with Gasteiger partial charge in [-0.1, -0.05) is 30.4 Å². The average Bonchev–Trinajstić information content (AvgIpc) is 3.02. The monoisotopic (exact) mass is 622 g/mol. The lowest BCUT2D eigenvalue weighted by Crippen LogP contribution is -2.39. The van der Waals surface area contributed by atoms with Crippen LogP contribution in [0.3, 0.4) is 0 Å². The third-order valence-electron chi connectivity index (χ3n) is 8.05. The number of likely N-dealkylation sites (N-methyl/N-ethyl adjacent to an activating group) is 1. The molecule has 11 heteroatoms. The van der Waals surface area contributed by atoms with Crippen LogP contribution in [0.5, 0.6) is 0 Å². The normalized spacial score (nSPS) is 11.5. The molecule has 0 saturated heterocycles. The molecule has 0 fully saturated rings. The van der Waals surface area contributed by atoms with E-state index >= 15 is 4.39 Å². The third-order valence-corrected chi connectivity index (χ3v) is 8.05. The summed E-state index contributed by atoms with van der Waals surface area (Å²) in [7, 11) is 5.00. The van der Waals surface area contributed by atoms with Crippen molar-refractivity contribution in [2.24, 2.45) is 7.05 Å². The maximum Gasteiger partial charge on any atom is 0.282 e. The molecule has 1 amide bonds. The van der Waals surface area contributed by atoms with Gasteiger partial charge in [0.25, 0.3) is 11.1 Å². The van der Waals surface area contributed by atoms with Gasteiger partial charge in [0, 0.05) is 50.0 Å². The Kier molecular flexibility index (Phi) is 8.46. The van der Waals surface area contributed by atoms with Crippen molar-refractivity contribution in [1.29, 1.82) is 0 Å². The molecule has 5 aromatic rings. The lowest BCUT2D eigenvalue weighted by atomic mass is 9.84. The summed E-state index contributed by atoms with van der Waals surface area (Å²) in [5.41, 5.74) is 2.09. The molecule has 0 aliphatic carbocycles. The van der Waals surface area contributed by atoms with E-state index in [2.05, 4.69) is 22.0 Å². The Morgan fingerprint density at radius 2 is 1.83 bits per heavy atom. The van der Waals surface area contributed by atoms with Crippen LogP contribution in [0.1, 0.15) is 37.5 Å². The van der Waals surface area contributed by atoms with Gasteiger partial charge in [-0.3, -0.25) is 14.4 Å². The zero-order valence-electron chi connectivity index (χ0n) is 26.6. The number of fused-ring (bicyclic) bond motifs is 1. The van der Waals surface area contributed by atoms with E-state index in [-0.39, 0.29) is 28.2 Å². The molecule has 0 aliphatic heterocycles. The van der Waals surface area contributed by atoms with Crippen molar-refractivity contribution in [2.75, 3.05) is 19.4 Å². The number of hydrogen-bond acceptors (Lipinski definition) is 7. The number of aliphatic hydroxyl groups excluding tert-OH is 1. The molecule has 2 aromatic carbocycles. The van der Waals surface area contributed by atoms with Gasteiger partial charge in [0.2, 0.25) is 5.91 Å². The fourth-order valence-corrected chi connectivity index (χ4v) is 5.47. The first-order valence-corrected chi connectivity index (χ1v) is 14.5. The smallest absolute Gasteiger partial charge is 0.282 e. The van der Waals surface area contributed by atoms with Crippen LogP contribution in [-0.4, -0.2) is 49.3 Å². The molecule has 0 atom stereocenters.